The van der Waals surface area contributed by atoms with Crippen molar-refractivity contribution in [2.75, 3.05) is 0 Å². The molecule has 1 atom stereocenters. The molecule has 0 bridgehead atoms. The number of H-pyrrole nitrogens is 1. The maximum Gasteiger partial charge on any atom is 0.244 e. The van der Waals surface area contributed by atoms with Gasteiger partial charge in [-0.2, -0.15) is 5.21 Å². The Hall–Kier alpha value is -1.83. The third kappa shape index (κ3) is 1.74. The van der Waals surface area contributed by atoms with Crippen molar-refractivity contribution in [1.29, 1.82) is 0 Å². The second-order valence-electron chi connectivity index (χ2n) is 2.88. The van der Waals surface area contributed by atoms with Crippen molar-refractivity contribution in [2.24, 2.45) is 0 Å². The van der Waals surface area contributed by atoms with E-state index in [9.17, 15) is 9.59 Å². The van der Waals surface area contributed by atoms with Gasteiger partial charge < -0.3 is 0 Å². The molecular weight excluding hydrogens is 188 g/mol. The molecule has 2 amide bonds. The minimum Gasteiger partial charge on any atom is -0.298 e. The van der Waals surface area contributed by atoms with Crippen molar-refractivity contribution in [1.82, 2.24) is 31.3 Å². The molecule has 1 fully saturated rings. The van der Waals surface area contributed by atoms with Gasteiger partial charge in [0, 0.05) is 0 Å². The van der Waals surface area contributed by atoms with Crippen LogP contribution in [0.2, 0.25) is 0 Å². The molecule has 1 aromatic rings. The lowest BCUT2D eigenvalue weighted by Crippen LogP contribution is -2.36. The van der Waals surface area contributed by atoms with Gasteiger partial charge in [0.2, 0.25) is 11.8 Å². The van der Waals surface area contributed by atoms with Crippen LogP contribution in [0.5, 0.6) is 0 Å². The van der Waals surface area contributed by atoms with Gasteiger partial charge in [0.15, 0.2) is 5.82 Å². The second kappa shape index (κ2) is 3.50. The van der Waals surface area contributed by atoms with Gasteiger partial charge in [-0.3, -0.25) is 20.2 Å². The summed E-state index contributed by atoms with van der Waals surface area (Å²) in [5.41, 5.74) is 0. The van der Waals surface area contributed by atoms with Gasteiger partial charge in [0.1, 0.15) is 0 Å². The first-order valence-electron chi connectivity index (χ1n) is 4.05. The van der Waals surface area contributed by atoms with Crippen molar-refractivity contribution in [3.8, 4) is 0 Å². The van der Waals surface area contributed by atoms with Gasteiger partial charge >= 0.3 is 0 Å². The van der Waals surface area contributed by atoms with Gasteiger partial charge in [-0.05, 0) is 0 Å². The minimum absolute atomic E-state index is 0.163. The molecule has 8 heteroatoms. The van der Waals surface area contributed by atoms with E-state index in [0.29, 0.717) is 12.4 Å². The molecule has 2 heterocycles. The first-order valence-corrected chi connectivity index (χ1v) is 4.05. The number of rotatable bonds is 3. The van der Waals surface area contributed by atoms with E-state index in [1.54, 1.807) is 0 Å². The third-order valence-corrected chi connectivity index (χ3v) is 1.86. The Bertz CT molecular complexity index is 347. The molecule has 0 aromatic carbocycles. The number of imide groups is 1. The van der Waals surface area contributed by atoms with Crippen LogP contribution in [0.1, 0.15) is 12.2 Å². The monoisotopic (exact) mass is 196 g/mol. The number of aromatic nitrogens is 4. The summed E-state index contributed by atoms with van der Waals surface area (Å²) in [6.45, 7) is 0.307. The molecule has 1 aliphatic rings. The predicted molar refractivity (Wildman–Crippen MR) is 42.6 cm³/mol. The molecule has 0 saturated carbocycles. The summed E-state index contributed by atoms with van der Waals surface area (Å²) in [7, 11) is 0. The van der Waals surface area contributed by atoms with Crippen LogP contribution in [0, 0.1) is 0 Å². The van der Waals surface area contributed by atoms with E-state index in [1.807, 2.05) is 0 Å². The van der Waals surface area contributed by atoms with Crippen molar-refractivity contribution >= 4 is 11.8 Å². The highest BCUT2D eigenvalue weighted by molar-refractivity contribution is 6.05. The Morgan fingerprint density at radius 2 is 2.36 bits per heavy atom. The maximum absolute atomic E-state index is 11.1. The van der Waals surface area contributed by atoms with E-state index in [-0.39, 0.29) is 18.2 Å². The average Bonchev–Trinajstić information content (AvgIpc) is 2.72. The number of aromatic amines is 1. The summed E-state index contributed by atoms with van der Waals surface area (Å²) in [4.78, 5) is 21.9. The van der Waals surface area contributed by atoms with E-state index in [2.05, 4.69) is 31.3 Å². The lowest BCUT2D eigenvalue weighted by molar-refractivity contribution is -0.125. The highest BCUT2D eigenvalue weighted by atomic mass is 16.2. The lowest BCUT2D eigenvalue weighted by Gasteiger charge is -2.05. The van der Waals surface area contributed by atoms with Crippen LogP contribution >= 0.6 is 0 Å². The number of tetrazole rings is 1. The predicted octanol–water partition coefficient (Wildman–Crippen LogP) is -2.30. The molecule has 8 nitrogen and oxygen atoms in total. The molecule has 0 spiro atoms. The molecule has 3 N–H and O–H groups in total. The molecule has 1 aromatic heterocycles. The van der Waals surface area contributed by atoms with E-state index in [4.69, 9.17) is 0 Å². The van der Waals surface area contributed by atoms with E-state index in [1.165, 1.54) is 0 Å². The molecule has 0 radical (unpaired) electrons. The number of hydrogen-bond donors (Lipinski definition) is 3. The van der Waals surface area contributed by atoms with Crippen LogP contribution in [0.15, 0.2) is 0 Å². The molecule has 1 saturated heterocycles. The van der Waals surface area contributed by atoms with Crippen LogP contribution < -0.4 is 10.6 Å². The summed E-state index contributed by atoms with van der Waals surface area (Å²) in [5, 5.41) is 18.1. The van der Waals surface area contributed by atoms with Crippen LogP contribution in [0.3, 0.4) is 0 Å². The van der Waals surface area contributed by atoms with E-state index in [0.717, 1.165) is 0 Å². The Labute approximate surface area is 78.4 Å². The minimum atomic E-state index is -0.485. The quantitative estimate of drug-likeness (QED) is 0.469. The summed E-state index contributed by atoms with van der Waals surface area (Å²) in [6, 6.07) is -0.485. The van der Waals surface area contributed by atoms with E-state index >= 15 is 0 Å². The van der Waals surface area contributed by atoms with E-state index < -0.39 is 6.04 Å². The number of amides is 2. The fraction of sp³-hybridized carbons (Fsp3) is 0.500. The van der Waals surface area contributed by atoms with Gasteiger partial charge in [-0.1, -0.05) is 5.21 Å². The lowest BCUT2D eigenvalue weighted by atomic mass is 10.2. The number of carbonyl (C=O) groups is 2. The summed E-state index contributed by atoms with van der Waals surface area (Å²) in [5.74, 6) is -0.115. The van der Waals surface area contributed by atoms with Crippen molar-refractivity contribution < 1.29 is 9.59 Å². The fourth-order valence-corrected chi connectivity index (χ4v) is 1.19. The maximum atomic E-state index is 11.1. The first kappa shape index (κ1) is 8.75. The van der Waals surface area contributed by atoms with Crippen molar-refractivity contribution in [3.05, 3.63) is 5.82 Å². The number of carbonyl (C=O) groups excluding carboxylic acids is 2. The van der Waals surface area contributed by atoms with Crippen LogP contribution in [-0.4, -0.2) is 38.5 Å². The molecular formula is C6H8N6O2. The normalized spacial score (nSPS) is 21.3. The smallest absolute Gasteiger partial charge is 0.244 e. The second-order valence-corrected chi connectivity index (χ2v) is 2.88. The number of nitrogens with zero attached hydrogens (tertiary/aromatic N) is 3. The van der Waals surface area contributed by atoms with Gasteiger partial charge in [-0.25, -0.2) is 0 Å². The summed E-state index contributed by atoms with van der Waals surface area (Å²) < 4.78 is 0. The first-order chi connectivity index (χ1) is 6.75. The zero-order valence-corrected chi connectivity index (χ0v) is 7.15. The number of nitrogens with one attached hydrogen (secondary N) is 3. The summed E-state index contributed by atoms with van der Waals surface area (Å²) >= 11 is 0. The van der Waals surface area contributed by atoms with Crippen molar-refractivity contribution in [2.45, 2.75) is 19.0 Å². The largest absolute Gasteiger partial charge is 0.298 e. The zero-order valence-electron chi connectivity index (χ0n) is 7.15. The SMILES string of the molecule is O=C1CC(NCc2nn[nH]n2)C(=O)N1. The molecule has 74 valence electrons. The van der Waals surface area contributed by atoms with Gasteiger partial charge in [0.05, 0.1) is 19.0 Å². The third-order valence-electron chi connectivity index (χ3n) is 1.86. The van der Waals surface area contributed by atoms with Gasteiger partial charge in [-0.15, -0.1) is 10.2 Å². The highest BCUT2D eigenvalue weighted by Crippen LogP contribution is 2.01. The highest BCUT2D eigenvalue weighted by Gasteiger charge is 2.29. The Morgan fingerprint density at radius 1 is 1.50 bits per heavy atom. The average molecular weight is 196 g/mol. The standard InChI is InChI=1S/C6H8N6O2/c13-5-1-3(6(14)8-5)7-2-4-9-11-12-10-4/h3,7H,1-2H2,(H,8,13,14)(H,9,10,11,12). The molecule has 14 heavy (non-hydrogen) atoms. The molecule has 2 rings (SSSR count). The van der Waals surface area contributed by atoms with Crippen molar-refractivity contribution in [3.63, 3.8) is 0 Å². The van der Waals surface area contributed by atoms with Crippen LogP contribution in [-0.2, 0) is 16.1 Å². The van der Waals surface area contributed by atoms with Gasteiger partial charge in [0.25, 0.3) is 0 Å². The zero-order chi connectivity index (χ0) is 9.97. The number of hydrogen-bond acceptors (Lipinski definition) is 6. The fourth-order valence-electron chi connectivity index (χ4n) is 1.19. The summed E-state index contributed by atoms with van der Waals surface area (Å²) in [6.07, 6.45) is 0.163. The molecule has 1 unspecified atom stereocenters. The Balaban J connectivity index is 1.87. The van der Waals surface area contributed by atoms with Crippen LogP contribution in [0.4, 0.5) is 0 Å². The molecule has 1 aliphatic heterocycles. The topological polar surface area (TPSA) is 113 Å². The Kier molecular flexibility index (Phi) is 2.19. The van der Waals surface area contributed by atoms with Crippen LogP contribution in [0.25, 0.3) is 0 Å². The molecule has 0 aliphatic carbocycles. The Morgan fingerprint density at radius 3 is 2.93 bits per heavy atom.